The molecule has 134 valence electrons. The fraction of sp³-hybridized carbons (Fsp3) is 0.667. The topological polar surface area (TPSA) is 202 Å². The largest absolute Gasteiger partial charge is 0.462 e. The molecule has 0 aromatic carbocycles. The predicted octanol–water partition coefficient (Wildman–Crippen LogP) is -3.78. The first-order valence-corrected chi connectivity index (χ1v) is 7.20. The predicted molar refractivity (Wildman–Crippen MR) is 77.1 cm³/mol. The van der Waals surface area contributed by atoms with Gasteiger partial charge in [0.1, 0.15) is 37.3 Å². The zero-order chi connectivity index (χ0) is 17.9. The van der Waals surface area contributed by atoms with Crippen LogP contribution in [-0.4, -0.2) is 74.4 Å². The summed E-state index contributed by atoms with van der Waals surface area (Å²) in [4.78, 5) is 26.3. The van der Waals surface area contributed by atoms with Gasteiger partial charge in [0.25, 0.3) is 5.91 Å². The molecule has 1 saturated heterocycles. The lowest BCUT2D eigenvalue weighted by Gasteiger charge is -2.16. The summed E-state index contributed by atoms with van der Waals surface area (Å²) < 4.78 is 11.4. The maximum atomic E-state index is 11.6. The van der Waals surface area contributed by atoms with E-state index >= 15 is 0 Å². The van der Waals surface area contributed by atoms with Gasteiger partial charge >= 0.3 is 5.97 Å². The number of carbonyl (C=O) groups is 2. The smallest absolute Gasteiger partial charge is 0.323 e. The molecular formula is C12H20N6O6. The highest BCUT2D eigenvalue weighted by Gasteiger charge is 2.45. The van der Waals surface area contributed by atoms with Gasteiger partial charge in [-0.1, -0.05) is 0 Å². The van der Waals surface area contributed by atoms with E-state index in [1.54, 1.807) is 0 Å². The molecule has 12 nitrogen and oxygen atoms in total. The molecule has 0 aliphatic carbocycles. The number of nitrogens with two attached hydrogens (primary N) is 3. The Kier molecular flexibility index (Phi) is 5.80. The zero-order valence-electron chi connectivity index (χ0n) is 12.7. The van der Waals surface area contributed by atoms with Crippen LogP contribution >= 0.6 is 0 Å². The van der Waals surface area contributed by atoms with Crippen LogP contribution in [0.25, 0.3) is 0 Å². The third kappa shape index (κ3) is 3.85. The van der Waals surface area contributed by atoms with Crippen molar-refractivity contribution in [3.63, 3.8) is 0 Å². The fourth-order valence-electron chi connectivity index (χ4n) is 2.16. The Hall–Kier alpha value is -2.12. The van der Waals surface area contributed by atoms with E-state index in [1.165, 1.54) is 0 Å². The maximum Gasteiger partial charge on any atom is 0.323 e. The van der Waals surface area contributed by atoms with E-state index in [4.69, 9.17) is 26.7 Å². The number of rotatable bonds is 7. The average Bonchev–Trinajstić information content (AvgIpc) is 3.12. The zero-order valence-corrected chi connectivity index (χ0v) is 12.7. The molecule has 5 atom stereocenters. The van der Waals surface area contributed by atoms with Crippen molar-refractivity contribution >= 4 is 11.9 Å². The quantitative estimate of drug-likeness (QED) is 0.305. The molecule has 12 heteroatoms. The number of primary amides is 1. The van der Waals surface area contributed by atoms with Crippen LogP contribution in [0.15, 0.2) is 6.33 Å². The normalized spacial score (nSPS) is 27.8. The van der Waals surface area contributed by atoms with Crippen molar-refractivity contribution in [2.24, 2.45) is 17.2 Å². The SMILES string of the molecule is NCC[C@@H](N)C(=O)OC[C@H]1O[C@@H](n2cnc(C(N)=O)n2)[C@H](O)[C@@H]1O. The molecule has 0 saturated carbocycles. The molecule has 0 spiro atoms. The van der Waals surface area contributed by atoms with E-state index in [2.05, 4.69) is 10.1 Å². The molecule has 1 aliphatic rings. The average molecular weight is 344 g/mol. The van der Waals surface area contributed by atoms with E-state index in [0.29, 0.717) is 0 Å². The van der Waals surface area contributed by atoms with Crippen LogP contribution < -0.4 is 17.2 Å². The number of aliphatic hydroxyl groups is 2. The van der Waals surface area contributed by atoms with Crippen LogP contribution in [0.2, 0.25) is 0 Å². The summed E-state index contributed by atoms with van der Waals surface area (Å²) in [5, 5.41) is 23.8. The standard InChI is InChI=1S/C12H20N6O6/c13-2-1-5(14)12(22)23-3-6-7(19)8(20)11(24-6)18-4-16-10(17-18)9(15)21/h4-8,11,19-20H,1-3,13-14H2,(H2,15,21)/t5-,6-,7-,8-,11-/m1/s1. The molecule has 0 radical (unpaired) electrons. The van der Waals surface area contributed by atoms with Gasteiger partial charge in [-0.25, -0.2) is 9.67 Å². The Bertz CT molecular complexity index is 594. The van der Waals surface area contributed by atoms with Crippen LogP contribution in [0.3, 0.4) is 0 Å². The van der Waals surface area contributed by atoms with Crippen molar-refractivity contribution in [3.05, 3.63) is 12.2 Å². The van der Waals surface area contributed by atoms with Gasteiger partial charge in [0.05, 0.1) is 0 Å². The van der Waals surface area contributed by atoms with Gasteiger partial charge in [-0.15, -0.1) is 5.10 Å². The number of hydrogen-bond acceptors (Lipinski definition) is 10. The second kappa shape index (κ2) is 7.63. The lowest BCUT2D eigenvalue weighted by atomic mass is 10.1. The van der Waals surface area contributed by atoms with Gasteiger partial charge in [-0.05, 0) is 13.0 Å². The number of amides is 1. The van der Waals surface area contributed by atoms with Crippen LogP contribution in [0.1, 0.15) is 23.3 Å². The first kappa shape index (κ1) is 18.2. The van der Waals surface area contributed by atoms with Crippen molar-refractivity contribution in [3.8, 4) is 0 Å². The summed E-state index contributed by atoms with van der Waals surface area (Å²) in [5.74, 6) is -1.80. The highest BCUT2D eigenvalue weighted by atomic mass is 16.6. The monoisotopic (exact) mass is 344 g/mol. The molecule has 1 aliphatic heterocycles. The Balaban J connectivity index is 1.96. The number of aliphatic hydroxyl groups excluding tert-OH is 2. The molecule has 1 aromatic heterocycles. The number of esters is 1. The Morgan fingerprint density at radius 1 is 1.42 bits per heavy atom. The highest BCUT2D eigenvalue weighted by molar-refractivity contribution is 5.88. The molecule has 1 amide bonds. The summed E-state index contributed by atoms with van der Waals surface area (Å²) in [6, 6.07) is -0.872. The molecule has 2 heterocycles. The number of aromatic nitrogens is 3. The molecule has 0 unspecified atom stereocenters. The summed E-state index contributed by atoms with van der Waals surface area (Å²) in [6.45, 7) is -0.0860. The molecule has 0 bridgehead atoms. The van der Waals surface area contributed by atoms with Gasteiger partial charge in [-0.3, -0.25) is 9.59 Å². The van der Waals surface area contributed by atoms with E-state index in [0.717, 1.165) is 11.0 Å². The molecule has 1 aromatic rings. The minimum atomic E-state index is -1.37. The summed E-state index contributed by atoms with van der Waals surface area (Å²) in [7, 11) is 0. The van der Waals surface area contributed by atoms with Crippen molar-refractivity contribution in [1.82, 2.24) is 14.8 Å². The Morgan fingerprint density at radius 3 is 2.71 bits per heavy atom. The van der Waals surface area contributed by atoms with Gasteiger partial charge in [0.2, 0.25) is 5.82 Å². The van der Waals surface area contributed by atoms with Gasteiger partial charge in [0.15, 0.2) is 6.23 Å². The molecular weight excluding hydrogens is 324 g/mol. The van der Waals surface area contributed by atoms with Crippen molar-refractivity contribution in [1.29, 1.82) is 0 Å². The number of hydrogen-bond donors (Lipinski definition) is 5. The first-order valence-electron chi connectivity index (χ1n) is 7.20. The second-order valence-electron chi connectivity index (χ2n) is 5.27. The minimum absolute atomic E-state index is 0.230. The fourth-order valence-corrected chi connectivity index (χ4v) is 2.16. The third-order valence-electron chi connectivity index (χ3n) is 3.50. The Morgan fingerprint density at radius 2 is 2.12 bits per heavy atom. The van der Waals surface area contributed by atoms with Crippen LogP contribution in [0.5, 0.6) is 0 Å². The molecule has 2 rings (SSSR count). The van der Waals surface area contributed by atoms with Crippen LogP contribution in [0.4, 0.5) is 0 Å². The molecule has 24 heavy (non-hydrogen) atoms. The molecule has 1 fully saturated rings. The van der Waals surface area contributed by atoms with E-state index in [-0.39, 0.29) is 25.4 Å². The maximum absolute atomic E-state index is 11.6. The van der Waals surface area contributed by atoms with Crippen LogP contribution in [-0.2, 0) is 14.3 Å². The first-order chi connectivity index (χ1) is 11.3. The van der Waals surface area contributed by atoms with Gasteiger partial charge < -0.3 is 36.9 Å². The summed E-state index contributed by atoms with van der Waals surface area (Å²) in [5.41, 5.74) is 15.9. The van der Waals surface area contributed by atoms with Crippen molar-refractivity contribution < 1.29 is 29.3 Å². The highest BCUT2D eigenvalue weighted by Crippen LogP contribution is 2.28. The lowest BCUT2D eigenvalue weighted by Crippen LogP contribution is -2.38. The van der Waals surface area contributed by atoms with Crippen LogP contribution in [0, 0.1) is 0 Å². The van der Waals surface area contributed by atoms with E-state index in [9.17, 15) is 19.8 Å². The third-order valence-corrected chi connectivity index (χ3v) is 3.50. The van der Waals surface area contributed by atoms with Gasteiger partial charge in [-0.2, -0.15) is 0 Å². The second-order valence-corrected chi connectivity index (χ2v) is 5.27. The Labute approximate surface area is 136 Å². The van der Waals surface area contributed by atoms with Gasteiger partial charge in [0, 0.05) is 0 Å². The van der Waals surface area contributed by atoms with Crippen molar-refractivity contribution in [2.45, 2.75) is 37.0 Å². The lowest BCUT2D eigenvalue weighted by molar-refractivity contribution is -0.152. The molecule has 8 N–H and O–H groups in total. The summed E-state index contributed by atoms with van der Waals surface area (Å²) in [6.07, 6.45) is -3.43. The van der Waals surface area contributed by atoms with Crippen molar-refractivity contribution in [2.75, 3.05) is 13.2 Å². The number of carbonyl (C=O) groups excluding carboxylic acids is 2. The summed E-state index contributed by atoms with van der Waals surface area (Å²) >= 11 is 0. The minimum Gasteiger partial charge on any atom is -0.462 e. The van der Waals surface area contributed by atoms with E-state index < -0.39 is 42.5 Å². The number of nitrogens with zero attached hydrogens (tertiary/aromatic N) is 3. The van der Waals surface area contributed by atoms with E-state index in [1.807, 2.05) is 0 Å². The number of ether oxygens (including phenoxy) is 2.